The molecule has 0 aliphatic rings. The van der Waals surface area contributed by atoms with Crippen LogP contribution in [0, 0.1) is 0 Å². The Labute approximate surface area is 378 Å². The maximum absolute atomic E-state index is 13.2. The van der Waals surface area contributed by atoms with Gasteiger partial charge in [-0.1, -0.05) is 217 Å². The highest BCUT2D eigenvalue weighted by molar-refractivity contribution is 5.77. The van der Waals surface area contributed by atoms with E-state index in [0.29, 0.717) is 19.3 Å². The van der Waals surface area contributed by atoms with E-state index in [2.05, 4.69) is 74.7 Å². The van der Waals surface area contributed by atoms with Crippen molar-refractivity contribution >= 4 is 11.9 Å². The van der Waals surface area contributed by atoms with Crippen LogP contribution in [0.15, 0.2) is 48.6 Å². The first kappa shape index (κ1) is 58.8. The quantitative estimate of drug-likeness (QED) is 0.0245. The van der Waals surface area contributed by atoms with Crippen molar-refractivity contribution in [3.05, 3.63) is 48.6 Å². The van der Waals surface area contributed by atoms with Crippen molar-refractivity contribution in [3.8, 4) is 0 Å². The van der Waals surface area contributed by atoms with E-state index >= 15 is 0 Å². The highest BCUT2D eigenvalue weighted by Crippen LogP contribution is 2.17. The number of allylic oxidation sites excluding steroid dienone is 8. The van der Waals surface area contributed by atoms with Crippen molar-refractivity contribution in [2.24, 2.45) is 0 Å². The minimum absolute atomic E-state index is 0.0619. The molecule has 0 rings (SSSR count). The van der Waals surface area contributed by atoms with Gasteiger partial charge in [-0.3, -0.25) is 9.59 Å². The molecule has 0 aliphatic heterocycles. The van der Waals surface area contributed by atoms with Crippen LogP contribution in [0.5, 0.6) is 0 Å². The molecule has 0 aromatic rings. The average molecular weight is 856 g/mol. The van der Waals surface area contributed by atoms with Gasteiger partial charge in [0.1, 0.15) is 6.10 Å². The Kier molecular flexibility index (Phi) is 47.1. The van der Waals surface area contributed by atoms with Gasteiger partial charge in [0.15, 0.2) is 0 Å². The fourth-order valence-electron chi connectivity index (χ4n) is 7.86. The van der Waals surface area contributed by atoms with Gasteiger partial charge >= 0.3 is 5.97 Å². The molecule has 3 unspecified atom stereocenters. The van der Waals surface area contributed by atoms with Gasteiger partial charge in [0.2, 0.25) is 5.91 Å². The molecule has 3 atom stereocenters. The molecule has 6 nitrogen and oxygen atoms in total. The van der Waals surface area contributed by atoms with Crippen LogP contribution in [-0.2, 0) is 14.3 Å². The number of hydrogen-bond acceptors (Lipinski definition) is 5. The second-order valence-electron chi connectivity index (χ2n) is 17.9. The van der Waals surface area contributed by atoms with Gasteiger partial charge in [0, 0.05) is 6.42 Å². The molecule has 0 aromatic heterocycles. The lowest BCUT2D eigenvalue weighted by molar-refractivity contribution is -0.151. The smallest absolute Gasteiger partial charge is 0.306 e. The van der Waals surface area contributed by atoms with E-state index in [1.54, 1.807) is 0 Å². The standard InChI is InChI=1S/C55H101NO5/c1-4-7-10-13-16-19-21-23-25-27-28-30-32-35-37-40-43-46-51(49-54(59)56-52(50-57)53(58)47-44-41-38-34-18-15-12-9-6-3)61-55(60)48-45-42-39-36-33-31-29-26-24-22-20-17-14-11-8-5-2/h16,19,23,25-26,29,31,33,51-53,57-58H,4-15,17-18,20-22,24,27-28,30,32,34-50H2,1-3H3,(H,56,59)/b19-16-,25-23-,29-26+,33-31+. The van der Waals surface area contributed by atoms with Crippen molar-refractivity contribution < 1.29 is 24.5 Å². The molecule has 0 fully saturated rings. The first-order valence-electron chi connectivity index (χ1n) is 26.4. The zero-order valence-corrected chi connectivity index (χ0v) is 40.5. The Balaban J connectivity index is 4.62. The first-order chi connectivity index (χ1) is 30.0. The molecule has 0 spiro atoms. The number of aliphatic hydroxyl groups excluding tert-OH is 2. The predicted octanol–water partition coefficient (Wildman–Crippen LogP) is 15.8. The van der Waals surface area contributed by atoms with Gasteiger partial charge in [-0.25, -0.2) is 0 Å². The third-order valence-corrected chi connectivity index (χ3v) is 11.9. The van der Waals surface area contributed by atoms with E-state index < -0.39 is 18.2 Å². The second kappa shape index (κ2) is 48.8. The lowest BCUT2D eigenvalue weighted by atomic mass is 10.0. The zero-order chi connectivity index (χ0) is 44.5. The minimum atomic E-state index is -0.793. The number of aliphatic hydroxyl groups is 2. The van der Waals surface area contributed by atoms with E-state index in [9.17, 15) is 19.8 Å². The van der Waals surface area contributed by atoms with Crippen LogP contribution in [0.4, 0.5) is 0 Å². The van der Waals surface area contributed by atoms with Gasteiger partial charge in [-0.15, -0.1) is 0 Å². The third kappa shape index (κ3) is 44.2. The van der Waals surface area contributed by atoms with Crippen LogP contribution < -0.4 is 5.32 Å². The van der Waals surface area contributed by atoms with Gasteiger partial charge in [-0.2, -0.15) is 0 Å². The van der Waals surface area contributed by atoms with Crippen LogP contribution in [0.25, 0.3) is 0 Å². The molecule has 61 heavy (non-hydrogen) atoms. The Morgan fingerprint density at radius 1 is 0.492 bits per heavy atom. The fraction of sp³-hybridized carbons (Fsp3) is 0.818. The van der Waals surface area contributed by atoms with Crippen molar-refractivity contribution in [2.75, 3.05) is 6.61 Å². The number of ether oxygens (including phenoxy) is 1. The summed E-state index contributed by atoms with van der Waals surface area (Å²) in [6.45, 7) is 6.43. The average Bonchev–Trinajstić information content (AvgIpc) is 3.25. The van der Waals surface area contributed by atoms with Gasteiger partial charge in [-0.05, 0) is 83.5 Å². The lowest BCUT2D eigenvalue weighted by Gasteiger charge is -2.24. The number of nitrogens with one attached hydrogen (secondary N) is 1. The summed E-state index contributed by atoms with van der Waals surface area (Å²) in [6.07, 6.45) is 58.9. The summed E-state index contributed by atoms with van der Waals surface area (Å²) in [6, 6.07) is -0.708. The second-order valence-corrected chi connectivity index (χ2v) is 17.9. The molecular formula is C55H101NO5. The summed E-state index contributed by atoms with van der Waals surface area (Å²) < 4.78 is 5.92. The van der Waals surface area contributed by atoms with Crippen LogP contribution >= 0.6 is 0 Å². The van der Waals surface area contributed by atoms with E-state index in [1.165, 1.54) is 135 Å². The molecule has 0 radical (unpaired) electrons. The highest BCUT2D eigenvalue weighted by Gasteiger charge is 2.24. The van der Waals surface area contributed by atoms with Gasteiger partial charge < -0.3 is 20.3 Å². The third-order valence-electron chi connectivity index (χ3n) is 11.9. The number of unbranched alkanes of at least 4 members (excludes halogenated alkanes) is 28. The maximum atomic E-state index is 13.2. The SMILES string of the molecule is CCCCC/C=C\C/C=C\CCCCCCCCCC(CC(=O)NC(CO)C(O)CCCCCCCCCCC)OC(=O)CCCCC/C=C/C=C/CCCCCCCCC. The number of amides is 1. The molecule has 0 aliphatic carbocycles. The first-order valence-corrected chi connectivity index (χ1v) is 26.4. The summed E-state index contributed by atoms with van der Waals surface area (Å²) >= 11 is 0. The molecule has 0 saturated heterocycles. The Hall–Kier alpha value is -2.18. The normalized spacial score (nSPS) is 13.6. The maximum Gasteiger partial charge on any atom is 0.306 e. The van der Waals surface area contributed by atoms with Crippen LogP contribution in [0.2, 0.25) is 0 Å². The van der Waals surface area contributed by atoms with E-state index in [0.717, 1.165) is 83.5 Å². The lowest BCUT2D eigenvalue weighted by Crippen LogP contribution is -2.46. The van der Waals surface area contributed by atoms with Crippen LogP contribution in [0.3, 0.4) is 0 Å². The molecule has 356 valence electrons. The molecule has 0 saturated carbocycles. The molecular weight excluding hydrogens is 755 g/mol. The summed E-state index contributed by atoms with van der Waals surface area (Å²) in [4.78, 5) is 26.1. The summed E-state index contributed by atoms with van der Waals surface area (Å²) in [5.41, 5.74) is 0. The van der Waals surface area contributed by atoms with Gasteiger partial charge in [0.25, 0.3) is 0 Å². The van der Waals surface area contributed by atoms with E-state index in [-0.39, 0.29) is 24.9 Å². The molecule has 0 heterocycles. The topological polar surface area (TPSA) is 95.9 Å². The van der Waals surface area contributed by atoms with Crippen molar-refractivity contribution in [1.29, 1.82) is 0 Å². The predicted molar refractivity (Wildman–Crippen MR) is 264 cm³/mol. The monoisotopic (exact) mass is 856 g/mol. The number of esters is 1. The molecule has 6 heteroatoms. The zero-order valence-electron chi connectivity index (χ0n) is 40.5. The fourth-order valence-corrected chi connectivity index (χ4v) is 7.86. The minimum Gasteiger partial charge on any atom is -0.462 e. The number of carbonyl (C=O) groups is 2. The van der Waals surface area contributed by atoms with Crippen LogP contribution in [-0.4, -0.2) is 46.9 Å². The van der Waals surface area contributed by atoms with Crippen molar-refractivity contribution in [3.63, 3.8) is 0 Å². The number of carbonyl (C=O) groups excluding carboxylic acids is 2. The Bertz CT molecular complexity index is 1050. The van der Waals surface area contributed by atoms with Crippen molar-refractivity contribution in [2.45, 2.75) is 283 Å². The summed E-state index contributed by atoms with van der Waals surface area (Å²) in [7, 11) is 0. The van der Waals surface area contributed by atoms with E-state index in [4.69, 9.17) is 4.74 Å². The summed E-state index contributed by atoms with van der Waals surface area (Å²) in [5, 5.41) is 23.7. The summed E-state index contributed by atoms with van der Waals surface area (Å²) in [5.74, 6) is -0.508. The van der Waals surface area contributed by atoms with Crippen LogP contribution in [0.1, 0.15) is 265 Å². The molecule has 0 bridgehead atoms. The molecule has 3 N–H and O–H groups in total. The van der Waals surface area contributed by atoms with E-state index in [1.807, 2.05) is 0 Å². The van der Waals surface area contributed by atoms with Crippen molar-refractivity contribution in [1.82, 2.24) is 5.32 Å². The number of rotatable bonds is 47. The van der Waals surface area contributed by atoms with Gasteiger partial charge in [0.05, 0.1) is 25.2 Å². The number of hydrogen-bond donors (Lipinski definition) is 3. The molecule has 1 amide bonds. The highest BCUT2D eigenvalue weighted by atomic mass is 16.5. The largest absolute Gasteiger partial charge is 0.462 e. The Morgan fingerprint density at radius 2 is 0.885 bits per heavy atom. The Morgan fingerprint density at radius 3 is 1.38 bits per heavy atom. The molecule has 0 aromatic carbocycles.